The molecule has 2 rings (SSSR count). The Morgan fingerprint density at radius 2 is 2.04 bits per heavy atom. The van der Waals surface area contributed by atoms with Crippen LogP contribution in [-0.4, -0.2) is 39.7 Å². The van der Waals surface area contributed by atoms with E-state index < -0.39 is 5.97 Å². The predicted octanol–water partition coefficient (Wildman–Crippen LogP) is 3.20. The average Bonchev–Trinajstić information content (AvgIpc) is 2.94. The molecule has 0 amide bonds. The van der Waals surface area contributed by atoms with Gasteiger partial charge in [0.05, 0.1) is 12.5 Å². The molecule has 0 fully saturated rings. The molecule has 1 aromatic carbocycles. The van der Waals surface area contributed by atoms with Crippen molar-refractivity contribution >= 4 is 30.0 Å². The molecular weight excluding hydrogens is 341 g/mol. The fourth-order valence-corrected chi connectivity index (χ4v) is 2.07. The molecular formula is C15H19Cl2N3O3. The highest BCUT2D eigenvalue weighted by atomic mass is 35.5. The number of carboxylic acid groups (broad SMARTS) is 1. The summed E-state index contributed by atoms with van der Waals surface area (Å²) in [4.78, 5) is 16.9. The van der Waals surface area contributed by atoms with Crippen LogP contribution in [0.3, 0.4) is 0 Å². The summed E-state index contributed by atoms with van der Waals surface area (Å²) in [5, 5.41) is 13.4. The third-order valence-corrected chi connectivity index (χ3v) is 3.71. The monoisotopic (exact) mass is 359 g/mol. The molecule has 2 aromatic rings. The van der Waals surface area contributed by atoms with Gasteiger partial charge >= 0.3 is 5.97 Å². The fourth-order valence-electron chi connectivity index (χ4n) is 1.95. The van der Waals surface area contributed by atoms with E-state index in [0.29, 0.717) is 29.7 Å². The van der Waals surface area contributed by atoms with E-state index in [0.717, 1.165) is 5.56 Å². The minimum atomic E-state index is -0.826. The van der Waals surface area contributed by atoms with Crippen molar-refractivity contribution in [3.63, 3.8) is 0 Å². The Bertz CT molecular complexity index is 631. The maximum absolute atomic E-state index is 10.6. The van der Waals surface area contributed by atoms with Crippen LogP contribution in [0.2, 0.25) is 5.02 Å². The third kappa shape index (κ3) is 5.82. The summed E-state index contributed by atoms with van der Waals surface area (Å²) in [6.07, 6.45) is 0.638. The molecule has 0 bridgehead atoms. The molecule has 1 N–H and O–H groups in total. The van der Waals surface area contributed by atoms with Crippen LogP contribution >= 0.6 is 24.0 Å². The topological polar surface area (TPSA) is 79.5 Å². The lowest BCUT2D eigenvalue weighted by Crippen LogP contribution is -2.25. The lowest BCUT2D eigenvalue weighted by Gasteiger charge is -2.20. The summed E-state index contributed by atoms with van der Waals surface area (Å²) in [5.74, 6) is 0.251. The van der Waals surface area contributed by atoms with Crippen molar-refractivity contribution in [3.05, 3.63) is 46.6 Å². The zero-order valence-corrected chi connectivity index (χ0v) is 14.5. The quantitative estimate of drug-likeness (QED) is 0.817. The largest absolute Gasteiger partial charge is 0.481 e. The third-order valence-electron chi connectivity index (χ3n) is 3.46. The number of aliphatic carboxylic acids is 1. The molecule has 0 aliphatic heterocycles. The normalized spacial score (nSPS) is 12.0. The Kier molecular flexibility index (Phi) is 7.48. The van der Waals surface area contributed by atoms with E-state index in [1.807, 2.05) is 43.1 Å². The summed E-state index contributed by atoms with van der Waals surface area (Å²) in [5.41, 5.74) is 1.05. The van der Waals surface area contributed by atoms with E-state index >= 15 is 0 Å². The van der Waals surface area contributed by atoms with Crippen molar-refractivity contribution in [1.29, 1.82) is 0 Å². The molecule has 6 nitrogen and oxygen atoms in total. The van der Waals surface area contributed by atoms with E-state index in [2.05, 4.69) is 10.1 Å². The smallest absolute Gasteiger partial charge is 0.304 e. The van der Waals surface area contributed by atoms with Gasteiger partial charge < -0.3 is 9.63 Å². The molecule has 0 saturated carbocycles. The Hall–Kier alpha value is -1.63. The number of aromatic nitrogens is 2. The van der Waals surface area contributed by atoms with Crippen LogP contribution in [0.1, 0.15) is 36.7 Å². The van der Waals surface area contributed by atoms with Crippen molar-refractivity contribution in [2.45, 2.75) is 25.8 Å². The first kappa shape index (κ1) is 19.4. The predicted molar refractivity (Wildman–Crippen MR) is 89.1 cm³/mol. The van der Waals surface area contributed by atoms with E-state index in [4.69, 9.17) is 21.2 Å². The van der Waals surface area contributed by atoms with E-state index in [1.54, 1.807) is 0 Å². The average molecular weight is 360 g/mol. The number of halogens is 2. The lowest BCUT2D eigenvalue weighted by atomic mass is 10.1. The second-order valence-corrected chi connectivity index (χ2v) is 5.59. The molecule has 1 aromatic heterocycles. The van der Waals surface area contributed by atoms with Gasteiger partial charge in [-0.05, 0) is 31.7 Å². The van der Waals surface area contributed by atoms with Gasteiger partial charge in [0.2, 0.25) is 5.89 Å². The first-order valence-corrected chi connectivity index (χ1v) is 7.32. The number of rotatable bonds is 7. The molecule has 126 valence electrons. The SMILES string of the molecule is CC(c1nc(Cc2ccc(Cl)cc2)no1)N(C)CCC(=O)O.Cl. The van der Waals surface area contributed by atoms with E-state index in [9.17, 15) is 4.79 Å². The molecule has 0 radical (unpaired) electrons. The zero-order chi connectivity index (χ0) is 16.1. The standard InChI is InChI=1S/C15H18ClN3O3.ClH/c1-10(19(2)8-7-14(20)21)15-17-13(18-22-15)9-11-3-5-12(16)6-4-11;/h3-6,10H,7-9H2,1-2H3,(H,20,21);1H. The van der Waals surface area contributed by atoms with Crippen LogP contribution < -0.4 is 0 Å². The summed E-state index contributed by atoms with van der Waals surface area (Å²) in [6, 6.07) is 7.34. The van der Waals surface area contributed by atoms with Gasteiger partial charge in [-0.25, -0.2) is 0 Å². The number of hydrogen-bond donors (Lipinski definition) is 1. The number of carbonyl (C=O) groups is 1. The minimum Gasteiger partial charge on any atom is -0.481 e. The Labute approximate surface area is 145 Å². The highest BCUT2D eigenvalue weighted by Gasteiger charge is 2.19. The van der Waals surface area contributed by atoms with Crippen molar-refractivity contribution < 1.29 is 14.4 Å². The van der Waals surface area contributed by atoms with Gasteiger partial charge in [-0.15, -0.1) is 12.4 Å². The highest BCUT2D eigenvalue weighted by molar-refractivity contribution is 6.30. The lowest BCUT2D eigenvalue weighted by molar-refractivity contribution is -0.137. The Morgan fingerprint density at radius 1 is 1.39 bits per heavy atom. The maximum Gasteiger partial charge on any atom is 0.304 e. The molecule has 0 saturated heterocycles. The summed E-state index contributed by atoms with van der Waals surface area (Å²) >= 11 is 5.85. The van der Waals surface area contributed by atoms with Crippen LogP contribution in [-0.2, 0) is 11.2 Å². The molecule has 1 atom stereocenters. The van der Waals surface area contributed by atoms with Gasteiger partial charge in [-0.1, -0.05) is 28.9 Å². The van der Waals surface area contributed by atoms with Crippen molar-refractivity contribution in [2.24, 2.45) is 0 Å². The second-order valence-electron chi connectivity index (χ2n) is 5.15. The summed E-state index contributed by atoms with van der Waals surface area (Å²) in [7, 11) is 1.83. The van der Waals surface area contributed by atoms with Crippen LogP contribution in [0.4, 0.5) is 0 Å². The van der Waals surface area contributed by atoms with Gasteiger partial charge in [0, 0.05) is 18.0 Å². The van der Waals surface area contributed by atoms with Crippen molar-refractivity contribution in [1.82, 2.24) is 15.0 Å². The molecule has 1 unspecified atom stereocenters. The first-order chi connectivity index (χ1) is 10.5. The van der Waals surface area contributed by atoms with Crippen molar-refractivity contribution in [2.75, 3.05) is 13.6 Å². The van der Waals surface area contributed by atoms with Gasteiger partial charge in [0.1, 0.15) is 0 Å². The number of nitrogens with zero attached hydrogens (tertiary/aromatic N) is 3. The van der Waals surface area contributed by atoms with Crippen LogP contribution in [0, 0.1) is 0 Å². The molecule has 1 heterocycles. The molecule has 23 heavy (non-hydrogen) atoms. The zero-order valence-electron chi connectivity index (χ0n) is 12.9. The van der Waals surface area contributed by atoms with Gasteiger partial charge in [-0.2, -0.15) is 4.98 Å². The highest BCUT2D eigenvalue weighted by Crippen LogP contribution is 2.18. The van der Waals surface area contributed by atoms with Crippen LogP contribution in [0.5, 0.6) is 0 Å². The first-order valence-electron chi connectivity index (χ1n) is 6.94. The Balaban J connectivity index is 0.00000264. The van der Waals surface area contributed by atoms with E-state index in [-0.39, 0.29) is 24.9 Å². The second kappa shape index (κ2) is 8.86. The van der Waals surface area contributed by atoms with Gasteiger partial charge in [0.25, 0.3) is 0 Å². The van der Waals surface area contributed by atoms with Crippen LogP contribution in [0.25, 0.3) is 0 Å². The number of hydrogen-bond acceptors (Lipinski definition) is 5. The molecule has 0 aliphatic rings. The van der Waals surface area contributed by atoms with Gasteiger partial charge in [-0.3, -0.25) is 9.69 Å². The summed E-state index contributed by atoms with van der Waals surface area (Å²) in [6.45, 7) is 2.33. The molecule has 0 spiro atoms. The molecule has 8 heteroatoms. The maximum atomic E-state index is 10.6. The number of benzene rings is 1. The Morgan fingerprint density at radius 3 is 2.65 bits per heavy atom. The summed E-state index contributed by atoms with van der Waals surface area (Å²) < 4.78 is 5.27. The minimum absolute atomic E-state index is 0. The van der Waals surface area contributed by atoms with Crippen LogP contribution in [0.15, 0.2) is 28.8 Å². The van der Waals surface area contributed by atoms with Crippen molar-refractivity contribution in [3.8, 4) is 0 Å². The fraction of sp³-hybridized carbons (Fsp3) is 0.400. The van der Waals surface area contributed by atoms with Gasteiger partial charge in [0.15, 0.2) is 5.82 Å². The van der Waals surface area contributed by atoms with E-state index in [1.165, 1.54) is 0 Å². The molecule has 0 aliphatic carbocycles. The number of carboxylic acids is 1.